The Hall–Kier alpha value is -1.07. The van der Waals surface area contributed by atoms with Crippen molar-refractivity contribution in [3.8, 4) is 5.88 Å². The van der Waals surface area contributed by atoms with Crippen LogP contribution in [-0.4, -0.2) is 41.4 Å². The van der Waals surface area contributed by atoms with Gasteiger partial charge >= 0.3 is 0 Å². The first-order chi connectivity index (χ1) is 7.93. The van der Waals surface area contributed by atoms with Crippen molar-refractivity contribution in [1.82, 2.24) is 14.7 Å². The molecular formula is C12H24N4O. The minimum Gasteiger partial charge on any atom is -0.481 e. The summed E-state index contributed by atoms with van der Waals surface area (Å²) in [7, 11) is 5.63. The van der Waals surface area contributed by atoms with Crippen LogP contribution in [0.1, 0.15) is 31.1 Å². The summed E-state index contributed by atoms with van der Waals surface area (Å²) in [6.45, 7) is 6.86. The molecule has 5 heteroatoms. The fraction of sp³-hybridized carbons (Fsp3) is 0.750. The molecule has 0 aliphatic carbocycles. The molecule has 0 aliphatic heterocycles. The van der Waals surface area contributed by atoms with Gasteiger partial charge in [0.15, 0.2) is 0 Å². The van der Waals surface area contributed by atoms with Crippen molar-refractivity contribution in [3.63, 3.8) is 0 Å². The number of nitrogens with zero attached hydrogens (tertiary/aromatic N) is 3. The number of rotatable bonds is 5. The Balaban J connectivity index is 3.19. The number of nitrogens with two attached hydrogens (primary N) is 1. The molecule has 5 nitrogen and oxygen atoms in total. The van der Waals surface area contributed by atoms with E-state index in [1.807, 2.05) is 14.0 Å². The molecule has 0 saturated carbocycles. The van der Waals surface area contributed by atoms with E-state index in [1.54, 1.807) is 11.8 Å². The first kappa shape index (κ1) is 14.0. The topological polar surface area (TPSA) is 56.3 Å². The standard InChI is InChI=1S/C12H24N4O/c1-8(2)15(4)10(7-13)11-9(3)14-16(5)12(11)17-6/h8,10H,7,13H2,1-6H3. The minimum absolute atomic E-state index is 0.138. The zero-order valence-electron chi connectivity index (χ0n) is 11.7. The van der Waals surface area contributed by atoms with Crippen LogP contribution >= 0.6 is 0 Å². The zero-order chi connectivity index (χ0) is 13.2. The van der Waals surface area contributed by atoms with Gasteiger partial charge in [-0.15, -0.1) is 0 Å². The average molecular weight is 240 g/mol. The summed E-state index contributed by atoms with van der Waals surface area (Å²) >= 11 is 0. The predicted octanol–water partition coefficient (Wildman–Crippen LogP) is 1.08. The first-order valence-corrected chi connectivity index (χ1v) is 5.93. The number of aromatic nitrogens is 2. The van der Waals surface area contributed by atoms with Crippen LogP contribution in [0, 0.1) is 6.92 Å². The minimum atomic E-state index is 0.138. The van der Waals surface area contributed by atoms with Crippen LogP contribution in [0.4, 0.5) is 0 Å². The highest BCUT2D eigenvalue weighted by Crippen LogP contribution is 2.31. The molecular weight excluding hydrogens is 216 g/mol. The Morgan fingerprint density at radius 2 is 2.06 bits per heavy atom. The lowest BCUT2D eigenvalue weighted by molar-refractivity contribution is 0.196. The Labute approximate surface area is 104 Å². The Kier molecular flexibility index (Phi) is 4.54. The number of hydrogen-bond donors (Lipinski definition) is 1. The maximum Gasteiger partial charge on any atom is 0.216 e. The molecule has 0 fully saturated rings. The number of aryl methyl sites for hydroxylation is 2. The van der Waals surface area contributed by atoms with Crippen molar-refractivity contribution in [1.29, 1.82) is 0 Å². The lowest BCUT2D eigenvalue weighted by Gasteiger charge is -2.30. The molecule has 1 rings (SSSR count). The van der Waals surface area contributed by atoms with Gasteiger partial charge in [-0.3, -0.25) is 4.90 Å². The summed E-state index contributed by atoms with van der Waals surface area (Å²) in [6, 6.07) is 0.562. The summed E-state index contributed by atoms with van der Waals surface area (Å²) < 4.78 is 7.19. The second-order valence-corrected chi connectivity index (χ2v) is 4.64. The van der Waals surface area contributed by atoms with Gasteiger partial charge in [0.2, 0.25) is 5.88 Å². The van der Waals surface area contributed by atoms with Crippen LogP contribution < -0.4 is 10.5 Å². The van der Waals surface area contributed by atoms with E-state index in [2.05, 4.69) is 30.9 Å². The van der Waals surface area contributed by atoms with E-state index >= 15 is 0 Å². The van der Waals surface area contributed by atoms with Crippen LogP contribution in [0.15, 0.2) is 0 Å². The number of methoxy groups -OCH3 is 1. The molecule has 0 bridgehead atoms. The summed E-state index contributed by atoms with van der Waals surface area (Å²) in [5, 5.41) is 4.40. The Morgan fingerprint density at radius 1 is 1.47 bits per heavy atom. The highest BCUT2D eigenvalue weighted by Gasteiger charge is 2.26. The predicted molar refractivity (Wildman–Crippen MR) is 69.2 cm³/mol. The summed E-state index contributed by atoms with van der Waals surface area (Å²) in [5.41, 5.74) is 7.98. The lowest BCUT2D eigenvalue weighted by Crippen LogP contribution is -2.35. The monoisotopic (exact) mass is 240 g/mol. The van der Waals surface area contributed by atoms with Crippen molar-refractivity contribution in [2.24, 2.45) is 12.8 Å². The van der Waals surface area contributed by atoms with Crippen molar-refractivity contribution in [3.05, 3.63) is 11.3 Å². The number of ether oxygens (including phenoxy) is 1. The normalized spacial score (nSPS) is 13.5. The average Bonchev–Trinajstić information content (AvgIpc) is 2.54. The summed E-state index contributed by atoms with van der Waals surface area (Å²) in [5.74, 6) is 0.797. The molecule has 0 aromatic carbocycles. The van der Waals surface area contributed by atoms with Crippen LogP contribution in [0.25, 0.3) is 0 Å². The molecule has 0 spiro atoms. The fourth-order valence-corrected chi connectivity index (χ4v) is 2.13. The van der Waals surface area contributed by atoms with Gasteiger partial charge in [-0.05, 0) is 27.8 Å². The van der Waals surface area contributed by atoms with Crippen molar-refractivity contribution in [2.75, 3.05) is 20.7 Å². The molecule has 1 heterocycles. The van der Waals surface area contributed by atoms with E-state index < -0.39 is 0 Å². The summed E-state index contributed by atoms with van der Waals surface area (Å²) in [6.07, 6.45) is 0. The van der Waals surface area contributed by atoms with Crippen molar-refractivity contribution >= 4 is 0 Å². The number of likely N-dealkylation sites (N-methyl/N-ethyl adjacent to an activating group) is 1. The molecule has 0 aliphatic rings. The molecule has 0 radical (unpaired) electrons. The fourth-order valence-electron chi connectivity index (χ4n) is 2.13. The van der Waals surface area contributed by atoms with E-state index in [0.29, 0.717) is 12.6 Å². The Morgan fingerprint density at radius 3 is 2.47 bits per heavy atom. The molecule has 0 amide bonds. The molecule has 0 saturated heterocycles. The highest BCUT2D eigenvalue weighted by atomic mass is 16.5. The largest absolute Gasteiger partial charge is 0.481 e. The van der Waals surface area contributed by atoms with Crippen molar-refractivity contribution < 1.29 is 4.74 Å². The second kappa shape index (κ2) is 5.51. The Bertz CT molecular complexity index is 373. The molecule has 98 valence electrons. The molecule has 1 unspecified atom stereocenters. The smallest absolute Gasteiger partial charge is 0.216 e. The molecule has 17 heavy (non-hydrogen) atoms. The molecule has 2 N–H and O–H groups in total. The van der Waals surface area contributed by atoms with Crippen LogP contribution in [0.2, 0.25) is 0 Å². The first-order valence-electron chi connectivity index (χ1n) is 5.93. The number of hydrogen-bond acceptors (Lipinski definition) is 4. The van der Waals surface area contributed by atoms with Crippen LogP contribution in [0.3, 0.4) is 0 Å². The van der Waals surface area contributed by atoms with Gasteiger partial charge in [0.05, 0.1) is 24.4 Å². The third kappa shape index (κ3) is 2.61. The van der Waals surface area contributed by atoms with Crippen LogP contribution in [0.5, 0.6) is 5.88 Å². The van der Waals surface area contributed by atoms with E-state index in [0.717, 1.165) is 17.1 Å². The zero-order valence-corrected chi connectivity index (χ0v) is 11.7. The molecule has 1 aromatic heterocycles. The highest BCUT2D eigenvalue weighted by molar-refractivity contribution is 5.34. The maximum atomic E-state index is 5.91. The van der Waals surface area contributed by atoms with Crippen molar-refractivity contribution in [2.45, 2.75) is 32.9 Å². The second-order valence-electron chi connectivity index (χ2n) is 4.64. The van der Waals surface area contributed by atoms with Gasteiger partial charge < -0.3 is 10.5 Å². The van der Waals surface area contributed by atoms with Gasteiger partial charge in [0, 0.05) is 19.6 Å². The van der Waals surface area contributed by atoms with Gasteiger partial charge in [0.1, 0.15) is 0 Å². The lowest BCUT2D eigenvalue weighted by atomic mass is 10.1. The quantitative estimate of drug-likeness (QED) is 0.836. The van der Waals surface area contributed by atoms with Gasteiger partial charge in [0.25, 0.3) is 0 Å². The van der Waals surface area contributed by atoms with E-state index in [4.69, 9.17) is 10.5 Å². The molecule has 1 aromatic rings. The van der Waals surface area contributed by atoms with E-state index in [9.17, 15) is 0 Å². The SMILES string of the molecule is COc1c(C(CN)N(C)C(C)C)c(C)nn1C. The third-order valence-corrected chi connectivity index (χ3v) is 3.27. The van der Waals surface area contributed by atoms with Gasteiger partial charge in [-0.1, -0.05) is 0 Å². The summed E-state index contributed by atoms with van der Waals surface area (Å²) in [4.78, 5) is 2.24. The van der Waals surface area contributed by atoms with Gasteiger partial charge in [-0.2, -0.15) is 5.10 Å². The third-order valence-electron chi connectivity index (χ3n) is 3.27. The van der Waals surface area contributed by atoms with E-state index in [1.165, 1.54) is 0 Å². The maximum absolute atomic E-state index is 5.91. The molecule has 1 atom stereocenters. The van der Waals surface area contributed by atoms with E-state index in [-0.39, 0.29) is 6.04 Å². The van der Waals surface area contributed by atoms with Gasteiger partial charge in [-0.25, -0.2) is 4.68 Å². The van der Waals surface area contributed by atoms with Crippen LogP contribution in [-0.2, 0) is 7.05 Å².